The molecule has 0 radical (unpaired) electrons. The molecule has 1 aromatic heterocycles. The van der Waals surface area contributed by atoms with Crippen molar-refractivity contribution in [3.8, 4) is 0 Å². The SMILES string of the molecule is O=C(ON1C(=O)CCC1=O)c1cc2ccccc2cn1. The summed E-state index contributed by atoms with van der Waals surface area (Å²) in [6, 6.07) is 8.96. The van der Waals surface area contributed by atoms with Gasteiger partial charge in [-0.05, 0) is 11.5 Å². The van der Waals surface area contributed by atoms with Gasteiger partial charge < -0.3 is 4.84 Å². The first-order chi connectivity index (χ1) is 9.65. The van der Waals surface area contributed by atoms with Gasteiger partial charge >= 0.3 is 5.97 Å². The first kappa shape index (κ1) is 12.3. The number of fused-ring (bicyclic) bond motifs is 1. The smallest absolute Gasteiger partial charge is 0.323 e. The fourth-order valence-corrected chi connectivity index (χ4v) is 1.98. The Bertz CT molecular complexity index is 710. The fraction of sp³-hybridized carbons (Fsp3) is 0.143. The van der Waals surface area contributed by atoms with E-state index in [2.05, 4.69) is 4.98 Å². The number of carbonyl (C=O) groups is 3. The maximum atomic E-state index is 11.9. The van der Waals surface area contributed by atoms with Crippen molar-refractivity contribution >= 4 is 28.6 Å². The number of aromatic nitrogens is 1. The number of hydroxylamine groups is 2. The van der Waals surface area contributed by atoms with Crippen LogP contribution >= 0.6 is 0 Å². The first-order valence-electron chi connectivity index (χ1n) is 6.08. The van der Waals surface area contributed by atoms with Gasteiger partial charge in [-0.2, -0.15) is 0 Å². The number of rotatable bonds is 2. The highest BCUT2D eigenvalue weighted by Gasteiger charge is 2.33. The quantitative estimate of drug-likeness (QED) is 0.772. The van der Waals surface area contributed by atoms with E-state index < -0.39 is 17.8 Å². The van der Waals surface area contributed by atoms with E-state index in [1.807, 2.05) is 24.3 Å². The Kier molecular flexibility index (Phi) is 2.90. The largest absolute Gasteiger partial charge is 0.382 e. The number of imide groups is 1. The average molecular weight is 270 g/mol. The van der Waals surface area contributed by atoms with E-state index in [1.165, 1.54) is 0 Å². The molecule has 0 aliphatic carbocycles. The van der Waals surface area contributed by atoms with Crippen molar-refractivity contribution in [2.45, 2.75) is 12.8 Å². The van der Waals surface area contributed by atoms with Crippen molar-refractivity contribution < 1.29 is 19.2 Å². The van der Waals surface area contributed by atoms with Crippen LogP contribution in [0.15, 0.2) is 36.5 Å². The monoisotopic (exact) mass is 270 g/mol. The lowest BCUT2D eigenvalue weighted by Crippen LogP contribution is -2.32. The maximum absolute atomic E-state index is 11.9. The highest BCUT2D eigenvalue weighted by molar-refractivity contribution is 6.02. The van der Waals surface area contributed by atoms with Gasteiger partial charge in [-0.25, -0.2) is 9.78 Å². The van der Waals surface area contributed by atoms with Gasteiger partial charge in [0.1, 0.15) is 0 Å². The molecular formula is C14H10N2O4. The Hall–Kier alpha value is -2.76. The van der Waals surface area contributed by atoms with Crippen molar-refractivity contribution in [3.05, 3.63) is 42.2 Å². The minimum Gasteiger partial charge on any atom is -0.323 e. The number of carbonyl (C=O) groups excluding carboxylic acids is 3. The summed E-state index contributed by atoms with van der Waals surface area (Å²) in [5, 5.41) is 2.23. The van der Waals surface area contributed by atoms with E-state index in [4.69, 9.17) is 4.84 Å². The fourth-order valence-electron chi connectivity index (χ4n) is 1.98. The van der Waals surface area contributed by atoms with Gasteiger partial charge in [-0.3, -0.25) is 9.59 Å². The summed E-state index contributed by atoms with van der Waals surface area (Å²) >= 11 is 0. The van der Waals surface area contributed by atoms with Gasteiger partial charge in [0.05, 0.1) is 0 Å². The van der Waals surface area contributed by atoms with Crippen LogP contribution in [0, 0.1) is 0 Å². The number of hydrogen-bond acceptors (Lipinski definition) is 5. The van der Waals surface area contributed by atoms with Gasteiger partial charge in [0.15, 0.2) is 5.69 Å². The molecule has 0 spiro atoms. The van der Waals surface area contributed by atoms with E-state index in [1.54, 1.807) is 12.3 Å². The molecule has 0 saturated carbocycles. The summed E-state index contributed by atoms with van der Waals surface area (Å²) in [6.07, 6.45) is 1.67. The molecule has 1 saturated heterocycles. The van der Waals surface area contributed by atoms with E-state index in [-0.39, 0.29) is 18.5 Å². The summed E-state index contributed by atoms with van der Waals surface area (Å²) in [6.45, 7) is 0. The Labute approximate surface area is 113 Å². The normalized spacial score (nSPS) is 14.9. The Balaban J connectivity index is 1.85. The van der Waals surface area contributed by atoms with Crippen LogP contribution in [0.2, 0.25) is 0 Å². The van der Waals surface area contributed by atoms with Gasteiger partial charge in [0, 0.05) is 24.4 Å². The molecule has 3 rings (SSSR count). The zero-order valence-corrected chi connectivity index (χ0v) is 10.4. The van der Waals surface area contributed by atoms with Crippen LogP contribution in [-0.4, -0.2) is 27.8 Å². The standard InChI is InChI=1S/C14H10N2O4/c17-12-5-6-13(18)16(12)20-14(19)11-7-9-3-1-2-4-10(9)8-15-11/h1-4,7-8H,5-6H2. The molecule has 20 heavy (non-hydrogen) atoms. The molecular weight excluding hydrogens is 260 g/mol. The Morgan fingerprint density at radius 1 is 1.10 bits per heavy atom. The molecule has 0 bridgehead atoms. The molecule has 0 unspecified atom stereocenters. The van der Waals surface area contributed by atoms with E-state index in [9.17, 15) is 14.4 Å². The zero-order chi connectivity index (χ0) is 14.1. The Morgan fingerprint density at radius 3 is 2.45 bits per heavy atom. The van der Waals surface area contributed by atoms with E-state index in [0.717, 1.165) is 10.8 Å². The van der Waals surface area contributed by atoms with Crippen molar-refractivity contribution in [3.63, 3.8) is 0 Å². The topological polar surface area (TPSA) is 76.6 Å². The second-order valence-electron chi connectivity index (χ2n) is 4.38. The molecule has 2 aromatic rings. The summed E-state index contributed by atoms with van der Waals surface area (Å²) in [4.78, 5) is 43.4. The summed E-state index contributed by atoms with van der Waals surface area (Å²) in [7, 11) is 0. The maximum Gasteiger partial charge on any atom is 0.382 e. The minimum atomic E-state index is -0.820. The van der Waals surface area contributed by atoms with Crippen molar-refractivity contribution in [2.75, 3.05) is 0 Å². The van der Waals surface area contributed by atoms with E-state index in [0.29, 0.717) is 5.06 Å². The lowest BCUT2D eigenvalue weighted by Gasteiger charge is -2.12. The number of amides is 2. The molecule has 6 heteroatoms. The second kappa shape index (κ2) is 4.73. The predicted molar refractivity (Wildman–Crippen MR) is 68.2 cm³/mol. The molecule has 1 aliphatic rings. The lowest BCUT2D eigenvalue weighted by molar-refractivity contribution is -0.172. The van der Waals surface area contributed by atoms with Gasteiger partial charge in [0.25, 0.3) is 11.8 Å². The van der Waals surface area contributed by atoms with Gasteiger partial charge in [-0.15, -0.1) is 5.06 Å². The van der Waals surface area contributed by atoms with Crippen LogP contribution in [0.5, 0.6) is 0 Å². The predicted octanol–water partition coefficient (Wildman–Crippen LogP) is 1.46. The molecule has 0 N–H and O–H groups in total. The van der Waals surface area contributed by atoms with Crippen LogP contribution in [0.1, 0.15) is 23.3 Å². The highest BCUT2D eigenvalue weighted by atomic mass is 16.7. The molecule has 100 valence electrons. The molecule has 6 nitrogen and oxygen atoms in total. The van der Waals surface area contributed by atoms with Crippen molar-refractivity contribution in [2.24, 2.45) is 0 Å². The van der Waals surface area contributed by atoms with Crippen LogP contribution in [0.4, 0.5) is 0 Å². The third-order valence-corrected chi connectivity index (χ3v) is 3.02. The molecule has 2 amide bonds. The molecule has 1 aliphatic heterocycles. The van der Waals surface area contributed by atoms with Gasteiger partial charge in [-0.1, -0.05) is 24.3 Å². The van der Waals surface area contributed by atoms with Crippen LogP contribution in [0.25, 0.3) is 10.8 Å². The number of nitrogens with zero attached hydrogens (tertiary/aromatic N) is 2. The second-order valence-corrected chi connectivity index (χ2v) is 4.38. The zero-order valence-electron chi connectivity index (χ0n) is 10.4. The van der Waals surface area contributed by atoms with Gasteiger partial charge in [0.2, 0.25) is 0 Å². The summed E-state index contributed by atoms with van der Waals surface area (Å²) in [5.74, 6) is -1.84. The molecule has 1 aromatic carbocycles. The van der Waals surface area contributed by atoms with Crippen molar-refractivity contribution in [1.82, 2.24) is 10.0 Å². The molecule has 0 atom stereocenters. The summed E-state index contributed by atoms with van der Waals surface area (Å²) < 4.78 is 0. The van der Waals surface area contributed by atoms with E-state index >= 15 is 0 Å². The third-order valence-electron chi connectivity index (χ3n) is 3.02. The number of hydrogen-bond donors (Lipinski definition) is 0. The number of pyridine rings is 1. The minimum absolute atomic E-state index is 0.0520. The number of benzene rings is 1. The summed E-state index contributed by atoms with van der Waals surface area (Å²) in [5.41, 5.74) is 0.0520. The van der Waals surface area contributed by atoms with Crippen LogP contribution in [0.3, 0.4) is 0 Å². The Morgan fingerprint density at radius 2 is 1.75 bits per heavy atom. The lowest BCUT2D eigenvalue weighted by atomic mass is 10.1. The molecule has 1 fully saturated rings. The van der Waals surface area contributed by atoms with Crippen LogP contribution < -0.4 is 0 Å². The van der Waals surface area contributed by atoms with Crippen molar-refractivity contribution in [1.29, 1.82) is 0 Å². The first-order valence-corrected chi connectivity index (χ1v) is 6.08. The average Bonchev–Trinajstić information content (AvgIpc) is 2.78. The molecule has 2 heterocycles. The highest BCUT2D eigenvalue weighted by Crippen LogP contribution is 2.16. The van der Waals surface area contributed by atoms with Crippen LogP contribution in [-0.2, 0) is 14.4 Å². The third kappa shape index (κ3) is 2.11.